The maximum atomic E-state index is 14.1. The summed E-state index contributed by atoms with van der Waals surface area (Å²) in [7, 11) is 0. The molecular weight excluding hydrogens is 307 g/mol. The van der Waals surface area contributed by atoms with Gasteiger partial charge < -0.3 is 15.4 Å². The van der Waals surface area contributed by atoms with E-state index in [1.54, 1.807) is 17.0 Å². The highest BCUT2D eigenvalue weighted by molar-refractivity contribution is 5.96. The predicted octanol–water partition coefficient (Wildman–Crippen LogP) is 3.42. The lowest BCUT2D eigenvalue weighted by molar-refractivity contribution is -0.119. The van der Waals surface area contributed by atoms with Crippen molar-refractivity contribution in [2.24, 2.45) is 5.73 Å². The van der Waals surface area contributed by atoms with Gasteiger partial charge in [0, 0.05) is 24.9 Å². The van der Waals surface area contributed by atoms with Gasteiger partial charge in [0.1, 0.15) is 0 Å². The van der Waals surface area contributed by atoms with Crippen molar-refractivity contribution in [3.8, 4) is 5.75 Å². The van der Waals surface area contributed by atoms with Gasteiger partial charge in [0.05, 0.1) is 12.3 Å². The Morgan fingerprint density at radius 1 is 1.29 bits per heavy atom. The minimum atomic E-state index is -0.452. The van der Waals surface area contributed by atoms with Gasteiger partial charge in [0.15, 0.2) is 11.6 Å². The molecule has 0 bridgehead atoms. The molecule has 3 rings (SSSR count). The first-order chi connectivity index (χ1) is 11.6. The highest BCUT2D eigenvalue weighted by atomic mass is 19.1. The molecule has 0 aromatic heterocycles. The lowest BCUT2D eigenvalue weighted by Crippen LogP contribution is -2.39. The van der Waals surface area contributed by atoms with Crippen LogP contribution in [-0.2, 0) is 4.79 Å². The highest BCUT2D eigenvalue weighted by Crippen LogP contribution is 2.36. The van der Waals surface area contributed by atoms with Crippen LogP contribution in [0.5, 0.6) is 5.75 Å². The van der Waals surface area contributed by atoms with Gasteiger partial charge in [-0.15, -0.1) is 0 Å². The molecule has 126 valence electrons. The Morgan fingerprint density at radius 2 is 2.04 bits per heavy atom. The second kappa shape index (κ2) is 7.01. The lowest BCUT2D eigenvalue weighted by Gasteiger charge is -2.28. The Hall–Kier alpha value is -2.40. The van der Waals surface area contributed by atoms with Crippen LogP contribution in [0.2, 0.25) is 0 Å². The van der Waals surface area contributed by atoms with E-state index in [0.29, 0.717) is 18.7 Å². The fraction of sp³-hybridized carbons (Fsp3) is 0.316. The van der Waals surface area contributed by atoms with Gasteiger partial charge in [0.2, 0.25) is 5.91 Å². The first-order valence-corrected chi connectivity index (χ1v) is 8.12. The molecule has 0 saturated carbocycles. The van der Waals surface area contributed by atoms with Gasteiger partial charge in [-0.05, 0) is 24.6 Å². The topological polar surface area (TPSA) is 55.6 Å². The quantitative estimate of drug-likeness (QED) is 0.939. The summed E-state index contributed by atoms with van der Waals surface area (Å²) in [5.41, 5.74) is 7.57. The van der Waals surface area contributed by atoms with E-state index >= 15 is 0 Å². The summed E-state index contributed by atoms with van der Waals surface area (Å²) in [5.74, 6) is -0.438. The Kier molecular flexibility index (Phi) is 4.81. The molecule has 0 spiro atoms. The third kappa shape index (κ3) is 3.26. The monoisotopic (exact) mass is 328 g/mol. The van der Waals surface area contributed by atoms with E-state index < -0.39 is 11.9 Å². The molecule has 1 heterocycles. The molecule has 0 radical (unpaired) electrons. The van der Waals surface area contributed by atoms with Crippen molar-refractivity contribution < 1.29 is 13.9 Å². The van der Waals surface area contributed by atoms with Crippen LogP contribution in [0.15, 0.2) is 48.5 Å². The first kappa shape index (κ1) is 16.5. The van der Waals surface area contributed by atoms with Gasteiger partial charge in [0.25, 0.3) is 0 Å². The average Bonchev–Trinajstić information content (AvgIpc) is 2.75. The van der Waals surface area contributed by atoms with E-state index in [1.165, 1.54) is 6.07 Å². The normalized spacial score (nSPS) is 18.3. The fourth-order valence-corrected chi connectivity index (χ4v) is 3.01. The molecule has 0 fully saturated rings. The number of carbonyl (C=O) groups excluding carboxylic acids is 1. The molecule has 24 heavy (non-hydrogen) atoms. The van der Waals surface area contributed by atoms with Crippen molar-refractivity contribution in [1.82, 2.24) is 0 Å². The highest BCUT2D eigenvalue weighted by Gasteiger charge is 2.30. The van der Waals surface area contributed by atoms with Gasteiger partial charge in [-0.3, -0.25) is 4.79 Å². The van der Waals surface area contributed by atoms with Crippen molar-refractivity contribution in [3.05, 3.63) is 59.9 Å². The second-order valence-electron chi connectivity index (χ2n) is 6.06. The third-order valence-corrected chi connectivity index (χ3v) is 4.32. The van der Waals surface area contributed by atoms with Crippen molar-refractivity contribution in [2.45, 2.75) is 31.8 Å². The molecule has 2 aromatic rings. The summed E-state index contributed by atoms with van der Waals surface area (Å²) in [6.45, 7) is 2.32. The van der Waals surface area contributed by atoms with Crippen LogP contribution in [0.1, 0.15) is 31.4 Å². The number of benzene rings is 2. The Morgan fingerprint density at radius 3 is 2.79 bits per heavy atom. The van der Waals surface area contributed by atoms with E-state index in [0.717, 1.165) is 5.56 Å². The average molecular weight is 328 g/mol. The van der Waals surface area contributed by atoms with Crippen LogP contribution in [0.3, 0.4) is 0 Å². The first-order valence-electron chi connectivity index (χ1n) is 8.12. The number of para-hydroxylation sites is 1. The molecule has 1 aliphatic heterocycles. The minimum Gasteiger partial charge on any atom is -0.488 e. The Labute approximate surface area is 141 Å². The molecule has 2 aromatic carbocycles. The van der Waals surface area contributed by atoms with E-state index in [2.05, 4.69) is 0 Å². The van der Waals surface area contributed by atoms with Crippen molar-refractivity contribution >= 4 is 11.6 Å². The molecule has 0 saturated heterocycles. The zero-order valence-electron chi connectivity index (χ0n) is 13.6. The van der Waals surface area contributed by atoms with E-state index in [1.807, 2.05) is 37.3 Å². The number of halogens is 1. The van der Waals surface area contributed by atoms with Gasteiger partial charge in [-0.25, -0.2) is 4.39 Å². The standard InChI is InChI=1S/C19H21FN2O2/c1-13-10-11-24-19-15(20)8-5-9-17(19)22(13)18(23)12-16(21)14-6-3-2-4-7-14/h2-9,13,16H,10-12,21H2,1H3/t13-,16?/m1/s1. The molecule has 1 aliphatic rings. The van der Waals surface area contributed by atoms with E-state index in [9.17, 15) is 9.18 Å². The molecule has 2 N–H and O–H groups in total. The molecule has 4 nitrogen and oxygen atoms in total. The molecule has 2 atom stereocenters. The summed E-state index contributed by atoms with van der Waals surface area (Å²) < 4.78 is 19.6. The smallest absolute Gasteiger partial charge is 0.229 e. The number of amides is 1. The summed E-state index contributed by atoms with van der Waals surface area (Å²) in [5, 5.41) is 0. The zero-order valence-corrected chi connectivity index (χ0v) is 13.6. The number of hydrogen-bond acceptors (Lipinski definition) is 3. The number of hydrogen-bond donors (Lipinski definition) is 1. The molecule has 5 heteroatoms. The Bertz CT molecular complexity index is 721. The maximum absolute atomic E-state index is 14.1. The van der Waals surface area contributed by atoms with Gasteiger partial charge >= 0.3 is 0 Å². The maximum Gasteiger partial charge on any atom is 0.229 e. The predicted molar refractivity (Wildman–Crippen MR) is 91.4 cm³/mol. The SMILES string of the molecule is C[C@@H]1CCOc2c(F)cccc2N1C(=O)CC(N)c1ccccc1. The summed E-state index contributed by atoms with van der Waals surface area (Å²) >= 11 is 0. The van der Waals surface area contributed by atoms with E-state index in [4.69, 9.17) is 10.5 Å². The van der Waals surface area contributed by atoms with Crippen LogP contribution >= 0.6 is 0 Å². The number of ether oxygens (including phenoxy) is 1. The second-order valence-corrected chi connectivity index (χ2v) is 6.06. The van der Waals surface area contributed by atoms with Gasteiger partial charge in [-0.2, -0.15) is 0 Å². The minimum absolute atomic E-state index is 0.0801. The Balaban J connectivity index is 1.87. The number of nitrogens with two attached hydrogens (primary N) is 1. The van der Waals surface area contributed by atoms with Crippen LogP contribution in [0.25, 0.3) is 0 Å². The zero-order chi connectivity index (χ0) is 17.1. The van der Waals surface area contributed by atoms with Crippen molar-refractivity contribution in [2.75, 3.05) is 11.5 Å². The molecule has 1 amide bonds. The number of nitrogens with zero attached hydrogens (tertiary/aromatic N) is 1. The largest absolute Gasteiger partial charge is 0.488 e. The van der Waals surface area contributed by atoms with Gasteiger partial charge in [-0.1, -0.05) is 36.4 Å². The summed E-state index contributed by atoms with van der Waals surface area (Å²) in [6, 6.07) is 13.7. The van der Waals surface area contributed by atoms with E-state index in [-0.39, 0.29) is 24.1 Å². The fourth-order valence-electron chi connectivity index (χ4n) is 3.01. The number of anilines is 1. The van der Waals surface area contributed by atoms with Crippen molar-refractivity contribution in [3.63, 3.8) is 0 Å². The number of rotatable bonds is 3. The lowest BCUT2D eigenvalue weighted by atomic mass is 10.0. The molecule has 1 unspecified atom stereocenters. The van der Waals surface area contributed by atoms with Crippen LogP contribution < -0.4 is 15.4 Å². The van der Waals surface area contributed by atoms with Crippen LogP contribution in [-0.4, -0.2) is 18.6 Å². The number of fused-ring (bicyclic) bond motifs is 1. The summed E-state index contributed by atoms with van der Waals surface area (Å²) in [4.78, 5) is 14.5. The molecular formula is C19H21FN2O2. The third-order valence-electron chi connectivity index (χ3n) is 4.32. The van der Waals surface area contributed by atoms with Crippen LogP contribution in [0.4, 0.5) is 10.1 Å². The number of carbonyl (C=O) groups is 1. The van der Waals surface area contributed by atoms with Crippen molar-refractivity contribution in [1.29, 1.82) is 0 Å². The summed E-state index contributed by atoms with van der Waals surface area (Å²) in [6.07, 6.45) is 0.796. The van der Waals surface area contributed by atoms with Crippen LogP contribution in [0, 0.1) is 5.82 Å². The molecule has 0 aliphatic carbocycles.